The van der Waals surface area contributed by atoms with Crippen LogP contribution in [0.2, 0.25) is 0 Å². The molecule has 0 aromatic heterocycles. The molecule has 7 N–H and O–H groups in total. The summed E-state index contributed by atoms with van der Waals surface area (Å²) in [5.41, 5.74) is 8.80. The lowest BCUT2D eigenvalue weighted by atomic mass is 9.51. The van der Waals surface area contributed by atoms with Gasteiger partial charge in [0, 0.05) is 25.7 Å². The SMILES string of the molecule is C[C@H]1c2c(N(C)C)cc(N)c(O)c2C(=O)C2C(=O)[C@]3(O)C(=O)C(C(N)=O)C(=O)[C@H](O)[C@@H]3C[C@@H]21. The summed E-state index contributed by atoms with van der Waals surface area (Å²) in [6, 6.07) is 1.50. The molecule has 1 amide bonds. The molecule has 1 aromatic carbocycles. The molecule has 4 rings (SSSR count). The van der Waals surface area contributed by atoms with Crippen molar-refractivity contribution in [1.82, 2.24) is 0 Å². The molecule has 3 aliphatic carbocycles. The summed E-state index contributed by atoms with van der Waals surface area (Å²) in [5, 5.41) is 32.4. The van der Waals surface area contributed by atoms with Gasteiger partial charge in [-0.1, -0.05) is 6.92 Å². The summed E-state index contributed by atoms with van der Waals surface area (Å²) in [5.74, 6) is -13.2. The highest BCUT2D eigenvalue weighted by Gasteiger charge is 2.69. The minimum absolute atomic E-state index is 0.0835. The van der Waals surface area contributed by atoms with Crippen LogP contribution in [0.4, 0.5) is 11.4 Å². The third kappa shape index (κ3) is 2.72. The van der Waals surface area contributed by atoms with Crippen LogP contribution in [0.3, 0.4) is 0 Å². The number of carbonyl (C=O) groups is 5. The van der Waals surface area contributed by atoms with Crippen LogP contribution in [-0.2, 0) is 19.2 Å². The van der Waals surface area contributed by atoms with E-state index in [4.69, 9.17) is 11.5 Å². The number of carbonyl (C=O) groups excluding carboxylic acids is 5. The number of primary amides is 1. The smallest absolute Gasteiger partial charge is 0.235 e. The number of aliphatic hydroxyl groups is 2. The largest absolute Gasteiger partial charge is 0.505 e. The Labute approximate surface area is 188 Å². The number of anilines is 2. The Kier molecular flexibility index (Phi) is 4.92. The number of Topliss-reactive ketones (excluding diaryl/α,β-unsaturated/α-hetero) is 4. The van der Waals surface area contributed by atoms with Gasteiger partial charge in [0.1, 0.15) is 11.9 Å². The van der Waals surface area contributed by atoms with E-state index in [1.165, 1.54) is 6.07 Å². The van der Waals surface area contributed by atoms with Gasteiger partial charge in [-0.25, -0.2) is 0 Å². The number of aromatic hydroxyl groups is 1. The second-order valence-corrected chi connectivity index (χ2v) is 9.33. The number of amides is 1. The molecule has 2 unspecified atom stereocenters. The summed E-state index contributed by atoms with van der Waals surface area (Å²) in [6.07, 6.45) is -2.21. The van der Waals surface area contributed by atoms with Crippen molar-refractivity contribution in [1.29, 1.82) is 0 Å². The molecule has 3 aliphatic rings. The van der Waals surface area contributed by atoms with Crippen molar-refractivity contribution in [2.24, 2.45) is 29.4 Å². The van der Waals surface area contributed by atoms with Crippen molar-refractivity contribution in [3.05, 3.63) is 17.2 Å². The first-order valence-corrected chi connectivity index (χ1v) is 10.5. The van der Waals surface area contributed by atoms with Gasteiger partial charge in [0.15, 0.2) is 34.7 Å². The van der Waals surface area contributed by atoms with Gasteiger partial charge in [-0.05, 0) is 29.9 Å². The highest BCUT2D eigenvalue weighted by molar-refractivity contribution is 6.32. The minimum Gasteiger partial charge on any atom is -0.505 e. The highest BCUT2D eigenvalue weighted by Crippen LogP contribution is 2.56. The third-order valence-corrected chi connectivity index (χ3v) is 7.48. The number of nitrogens with zero attached hydrogens (tertiary/aromatic N) is 1. The summed E-state index contributed by atoms with van der Waals surface area (Å²) in [7, 11) is 3.43. The average molecular weight is 459 g/mol. The van der Waals surface area contributed by atoms with Crippen LogP contribution in [0.15, 0.2) is 6.07 Å². The molecular weight excluding hydrogens is 434 g/mol. The fourth-order valence-corrected chi connectivity index (χ4v) is 5.81. The van der Waals surface area contributed by atoms with E-state index in [0.29, 0.717) is 11.3 Å². The molecule has 2 saturated carbocycles. The number of nitrogen functional groups attached to an aromatic ring is 1. The lowest BCUT2D eigenvalue weighted by Gasteiger charge is -2.51. The van der Waals surface area contributed by atoms with Gasteiger partial charge in [0.25, 0.3) is 0 Å². The molecule has 33 heavy (non-hydrogen) atoms. The Bertz CT molecular complexity index is 1140. The van der Waals surface area contributed by atoms with Gasteiger partial charge in [-0.2, -0.15) is 0 Å². The summed E-state index contributed by atoms with van der Waals surface area (Å²) >= 11 is 0. The number of phenols is 1. The van der Waals surface area contributed by atoms with E-state index in [1.807, 2.05) is 0 Å². The quantitative estimate of drug-likeness (QED) is 0.197. The van der Waals surface area contributed by atoms with Crippen LogP contribution in [0, 0.1) is 23.7 Å². The Morgan fingerprint density at radius 3 is 2.33 bits per heavy atom. The molecule has 0 heterocycles. The molecule has 0 saturated heterocycles. The molecule has 7 atom stereocenters. The number of ketones is 4. The van der Waals surface area contributed by atoms with E-state index >= 15 is 0 Å². The molecule has 0 bridgehead atoms. The number of phenolic OH excluding ortho intramolecular Hbond substituents is 1. The second-order valence-electron chi connectivity index (χ2n) is 9.33. The van der Waals surface area contributed by atoms with Crippen LogP contribution in [-0.4, -0.2) is 70.2 Å². The Morgan fingerprint density at radius 1 is 1.18 bits per heavy atom. The van der Waals surface area contributed by atoms with Crippen molar-refractivity contribution in [2.75, 3.05) is 24.7 Å². The van der Waals surface area contributed by atoms with Crippen molar-refractivity contribution < 1.29 is 39.3 Å². The average Bonchev–Trinajstić information content (AvgIpc) is 2.73. The Morgan fingerprint density at radius 2 is 1.79 bits per heavy atom. The molecule has 0 spiro atoms. The number of fused-ring (bicyclic) bond motifs is 3. The van der Waals surface area contributed by atoms with Crippen molar-refractivity contribution in [3.8, 4) is 5.75 Å². The first-order valence-electron chi connectivity index (χ1n) is 10.5. The van der Waals surface area contributed by atoms with Crippen molar-refractivity contribution >= 4 is 40.4 Å². The van der Waals surface area contributed by atoms with Gasteiger partial charge in [-0.15, -0.1) is 0 Å². The maximum Gasteiger partial charge on any atom is 0.235 e. The van der Waals surface area contributed by atoms with Gasteiger partial charge >= 0.3 is 0 Å². The monoisotopic (exact) mass is 459 g/mol. The standard InChI is InChI=1S/C22H25N3O8/c1-6-7-4-8-15(26)18(29)14(21(24)32)20(31)22(8,33)19(30)12(7)17(28)13-11(6)10(25(2)3)5-9(23)16(13)27/h5-8,12,14-15,26-27,33H,4,23H2,1-3H3,(H2,24,32)/t6-,7-,8+,12?,14?,15-,22+/m1/s1. The van der Waals surface area contributed by atoms with Crippen LogP contribution < -0.4 is 16.4 Å². The molecular formula is C22H25N3O8. The zero-order valence-corrected chi connectivity index (χ0v) is 18.2. The van der Waals surface area contributed by atoms with Crippen molar-refractivity contribution in [3.63, 3.8) is 0 Å². The normalized spacial score (nSPS) is 35.5. The maximum atomic E-state index is 13.5. The van der Waals surface area contributed by atoms with Gasteiger partial charge in [-0.3, -0.25) is 24.0 Å². The van der Waals surface area contributed by atoms with E-state index in [0.717, 1.165) is 0 Å². The Hall–Kier alpha value is -3.31. The van der Waals surface area contributed by atoms with Crippen LogP contribution >= 0.6 is 0 Å². The predicted octanol–water partition coefficient (Wildman–Crippen LogP) is -1.49. The number of rotatable bonds is 2. The molecule has 11 heteroatoms. The van der Waals surface area contributed by atoms with Gasteiger partial charge in [0.2, 0.25) is 5.91 Å². The molecule has 11 nitrogen and oxygen atoms in total. The van der Waals surface area contributed by atoms with Crippen LogP contribution in [0.5, 0.6) is 5.75 Å². The fourth-order valence-electron chi connectivity index (χ4n) is 5.81. The molecule has 0 radical (unpaired) electrons. The van der Waals surface area contributed by atoms with E-state index in [9.17, 15) is 39.3 Å². The molecule has 2 fully saturated rings. The van der Waals surface area contributed by atoms with E-state index in [1.54, 1.807) is 25.9 Å². The van der Waals surface area contributed by atoms with E-state index in [2.05, 4.69) is 0 Å². The van der Waals surface area contributed by atoms with Crippen LogP contribution in [0.25, 0.3) is 0 Å². The number of nitrogens with two attached hydrogens (primary N) is 2. The lowest BCUT2D eigenvalue weighted by molar-refractivity contribution is -0.186. The predicted molar refractivity (Wildman–Crippen MR) is 113 cm³/mol. The first-order chi connectivity index (χ1) is 15.3. The van der Waals surface area contributed by atoms with Crippen LogP contribution in [0.1, 0.15) is 35.2 Å². The Balaban J connectivity index is 1.93. The minimum atomic E-state index is -2.94. The topological polar surface area (TPSA) is 201 Å². The summed E-state index contributed by atoms with van der Waals surface area (Å²) in [4.78, 5) is 66.0. The van der Waals surface area contributed by atoms with E-state index < -0.39 is 76.1 Å². The third-order valence-electron chi connectivity index (χ3n) is 7.48. The summed E-state index contributed by atoms with van der Waals surface area (Å²) < 4.78 is 0. The van der Waals surface area contributed by atoms with E-state index in [-0.39, 0.29) is 17.7 Å². The second kappa shape index (κ2) is 7.09. The number of hydrogen-bond acceptors (Lipinski definition) is 10. The molecule has 1 aromatic rings. The highest BCUT2D eigenvalue weighted by atomic mass is 16.3. The van der Waals surface area contributed by atoms with Crippen molar-refractivity contribution in [2.45, 2.75) is 31.0 Å². The number of benzene rings is 1. The number of hydrogen-bond donors (Lipinski definition) is 5. The first kappa shape index (κ1) is 22.9. The zero-order valence-electron chi connectivity index (χ0n) is 18.2. The zero-order chi connectivity index (χ0) is 24.7. The van der Waals surface area contributed by atoms with Gasteiger partial charge in [0.05, 0.1) is 17.2 Å². The molecule has 176 valence electrons. The fraction of sp³-hybridized carbons (Fsp3) is 0.500. The summed E-state index contributed by atoms with van der Waals surface area (Å²) in [6.45, 7) is 1.72. The molecule has 0 aliphatic heterocycles. The number of aliphatic hydroxyl groups excluding tert-OH is 1. The maximum absolute atomic E-state index is 13.5. The lowest BCUT2D eigenvalue weighted by Crippen LogP contribution is -2.72. The van der Waals surface area contributed by atoms with Gasteiger partial charge < -0.3 is 31.7 Å².